The average Bonchev–Trinajstić information content (AvgIpc) is 2.36. The van der Waals surface area contributed by atoms with Gasteiger partial charge in [-0.25, -0.2) is 4.98 Å². The van der Waals surface area contributed by atoms with Crippen molar-refractivity contribution in [3.8, 4) is 0 Å². The maximum absolute atomic E-state index is 12.0. The maximum Gasteiger partial charge on any atom is 0.274 e. The SMILES string of the molecule is Cc1cc(Br)c(NC(=O)c2ccc(Cl)cn2)cc1N. The van der Waals surface area contributed by atoms with Gasteiger partial charge in [0.25, 0.3) is 5.91 Å². The van der Waals surface area contributed by atoms with Gasteiger partial charge in [0.1, 0.15) is 5.69 Å². The number of pyridine rings is 1. The molecule has 2 rings (SSSR count). The van der Waals surface area contributed by atoms with Crippen molar-refractivity contribution in [2.45, 2.75) is 6.92 Å². The lowest BCUT2D eigenvalue weighted by atomic mass is 10.2. The summed E-state index contributed by atoms with van der Waals surface area (Å²) in [7, 11) is 0. The van der Waals surface area contributed by atoms with Gasteiger partial charge in [0.05, 0.1) is 10.7 Å². The Kier molecular flexibility index (Phi) is 4.07. The molecule has 1 amide bonds. The number of hydrogen-bond acceptors (Lipinski definition) is 3. The number of benzene rings is 1. The van der Waals surface area contributed by atoms with E-state index in [2.05, 4.69) is 26.2 Å². The lowest BCUT2D eigenvalue weighted by molar-refractivity contribution is 0.102. The zero-order valence-corrected chi connectivity index (χ0v) is 12.4. The Morgan fingerprint density at radius 2 is 2.16 bits per heavy atom. The van der Waals surface area contributed by atoms with Gasteiger partial charge in [0.2, 0.25) is 0 Å². The van der Waals surface area contributed by atoms with Crippen LogP contribution in [0.3, 0.4) is 0 Å². The Hall–Kier alpha value is -1.59. The van der Waals surface area contributed by atoms with E-state index in [-0.39, 0.29) is 11.6 Å². The molecule has 4 nitrogen and oxygen atoms in total. The number of nitrogen functional groups attached to an aromatic ring is 1. The summed E-state index contributed by atoms with van der Waals surface area (Å²) in [5, 5.41) is 3.23. The van der Waals surface area contributed by atoms with E-state index in [1.165, 1.54) is 6.20 Å². The molecular weight excluding hydrogens is 330 g/mol. The summed E-state index contributed by atoms with van der Waals surface area (Å²) in [4.78, 5) is 15.9. The number of amides is 1. The number of aromatic nitrogens is 1. The number of rotatable bonds is 2. The van der Waals surface area contributed by atoms with E-state index in [1.54, 1.807) is 18.2 Å². The number of halogens is 2. The van der Waals surface area contributed by atoms with Gasteiger partial charge in [0.15, 0.2) is 0 Å². The minimum absolute atomic E-state index is 0.287. The second-order valence-electron chi connectivity index (χ2n) is 4.00. The monoisotopic (exact) mass is 339 g/mol. The number of anilines is 2. The molecule has 1 heterocycles. The molecule has 1 aromatic carbocycles. The fourth-order valence-electron chi connectivity index (χ4n) is 1.48. The van der Waals surface area contributed by atoms with Gasteiger partial charge in [0, 0.05) is 16.4 Å². The third-order valence-corrected chi connectivity index (χ3v) is 3.44. The summed E-state index contributed by atoms with van der Waals surface area (Å²) in [6.45, 7) is 1.90. The van der Waals surface area contributed by atoms with Crippen LogP contribution in [0.25, 0.3) is 0 Å². The second-order valence-corrected chi connectivity index (χ2v) is 5.30. The normalized spacial score (nSPS) is 10.3. The van der Waals surface area contributed by atoms with Crippen molar-refractivity contribution < 1.29 is 4.79 Å². The van der Waals surface area contributed by atoms with Crippen LogP contribution in [-0.2, 0) is 0 Å². The van der Waals surface area contributed by atoms with Gasteiger partial charge in [-0.15, -0.1) is 0 Å². The third-order valence-electron chi connectivity index (χ3n) is 2.56. The van der Waals surface area contributed by atoms with E-state index in [4.69, 9.17) is 17.3 Å². The van der Waals surface area contributed by atoms with Crippen molar-refractivity contribution in [1.29, 1.82) is 0 Å². The molecule has 0 fully saturated rings. The molecule has 0 aliphatic rings. The number of aryl methyl sites for hydroxylation is 1. The lowest BCUT2D eigenvalue weighted by Gasteiger charge is -2.10. The molecule has 0 radical (unpaired) electrons. The highest BCUT2D eigenvalue weighted by molar-refractivity contribution is 9.10. The largest absolute Gasteiger partial charge is 0.398 e. The molecule has 0 saturated carbocycles. The highest BCUT2D eigenvalue weighted by atomic mass is 79.9. The van der Waals surface area contributed by atoms with Crippen LogP contribution in [0.1, 0.15) is 16.1 Å². The lowest BCUT2D eigenvalue weighted by Crippen LogP contribution is -2.14. The van der Waals surface area contributed by atoms with E-state index in [0.29, 0.717) is 16.4 Å². The molecule has 19 heavy (non-hydrogen) atoms. The molecule has 0 saturated heterocycles. The molecule has 0 atom stereocenters. The van der Waals surface area contributed by atoms with Crippen molar-refractivity contribution in [2.24, 2.45) is 0 Å². The van der Waals surface area contributed by atoms with E-state index in [1.807, 2.05) is 13.0 Å². The first-order valence-electron chi connectivity index (χ1n) is 5.46. The molecule has 0 spiro atoms. The predicted octanol–water partition coefficient (Wildman–Crippen LogP) is 3.64. The van der Waals surface area contributed by atoms with E-state index < -0.39 is 0 Å². The van der Waals surface area contributed by atoms with Gasteiger partial charge in [-0.2, -0.15) is 0 Å². The van der Waals surface area contributed by atoms with Crippen LogP contribution in [0, 0.1) is 6.92 Å². The summed E-state index contributed by atoms with van der Waals surface area (Å²) in [6, 6.07) is 6.72. The zero-order valence-electron chi connectivity index (χ0n) is 10.1. The summed E-state index contributed by atoms with van der Waals surface area (Å²) in [6.07, 6.45) is 1.43. The highest BCUT2D eigenvalue weighted by Gasteiger charge is 2.10. The number of nitrogens with zero attached hydrogens (tertiary/aromatic N) is 1. The van der Waals surface area contributed by atoms with Gasteiger partial charge >= 0.3 is 0 Å². The van der Waals surface area contributed by atoms with Crippen molar-refractivity contribution in [1.82, 2.24) is 4.98 Å². The van der Waals surface area contributed by atoms with Crippen molar-refractivity contribution in [2.75, 3.05) is 11.1 Å². The van der Waals surface area contributed by atoms with Crippen LogP contribution in [0.4, 0.5) is 11.4 Å². The molecule has 1 aromatic heterocycles. The Balaban J connectivity index is 2.24. The molecule has 2 aromatic rings. The Morgan fingerprint density at radius 3 is 2.79 bits per heavy atom. The van der Waals surface area contributed by atoms with Crippen LogP contribution in [0.15, 0.2) is 34.9 Å². The maximum atomic E-state index is 12.0. The first kappa shape index (κ1) is 13.8. The molecule has 3 N–H and O–H groups in total. The minimum Gasteiger partial charge on any atom is -0.398 e. The van der Waals surface area contributed by atoms with Crippen molar-refractivity contribution in [3.63, 3.8) is 0 Å². The van der Waals surface area contributed by atoms with E-state index in [0.717, 1.165) is 10.0 Å². The predicted molar refractivity (Wildman–Crippen MR) is 80.5 cm³/mol. The quantitative estimate of drug-likeness (QED) is 0.820. The summed E-state index contributed by atoms with van der Waals surface area (Å²) in [5.41, 5.74) is 8.26. The number of nitrogens with one attached hydrogen (secondary N) is 1. The summed E-state index contributed by atoms with van der Waals surface area (Å²) in [5.74, 6) is -0.319. The third kappa shape index (κ3) is 3.24. The average molecular weight is 341 g/mol. The van der Waals surface area contributed by atoms with Gasteiger partial charge in [-0.3, -0.25) is 4.79 Å². The van der Waals surface area contributed by atoms with Crippen molar-refractivity contribution >= 4 is 44.8 Å². The standard InChI is InChI=1S/C13H11BrClN3O/c1-7-4-9(14)12(5-10(7)16)18-13(19)11-3-2-8(15)6-17-11/h2-6H,16H2,1H3,(H,18,19). The van der Waals surface area contributed by atoms with Crippen LogP contribution in [0.5, 0.6) is 0 Å². The Bertz CT molecular complexity index is 629. The summed E-state index contributed by atoms with van der Waals surface area (Å²) < 4.78 is 0.765. The van der Waals surface area contributed by atoms with Crippen LogP contribution >= 0.6 is 27.5 Å². The van der Waals surface area contributed by atoms with Crippen LogP contribution < -0.4 is 11.1 Å². The smallest absolute Gasteiger partial charge is 0.274 e. The second kappa shape index (κ2) is 5.59. The number of carbonyl (C=O) groups is 1. The fraction of sp³-hybridized carbons (Fsp3) is 0.0769. The number of hydrogen-bond donors (Lipinski definition) is 2. The topological polar surface area (TPSA) is 68.0 Å². The van der Waals surface area contributed by atoms with Crippen LogP contribution in [0.2, 0.25) is 5.02 Å². The summed E-state index contributed by atoms with van der Waals surface area (Å²) >= 11 is 9.10. The Labute approximate surface area is 124 Å². The number of nitrogens with two attached hydrogens (primary N) is 1. The first-order chi connectivity index (χ1) is 8.97. The van der Waals surface area contributed by atoms with Crippen LogP contribution in [-0.4, -0.2) is 10.9 Å². The van der Waals surface area contributed by atoms with E-state index in [9.17, 15) is 4.79 Å². The molecule has 0 aliphatic heterocycles. The molecular formula is C13H11BrClN3O. The molecule has 0 unspecified atom stereocenters. The molecule has 98 valence electrons. The van der Waals surface area contributed by atoms with Crippen molar-refractivity contribution in [3.05, 3.63) is 51.2 Å². The van der Waals surface area contributed by atoms with E-state index >= 15 is 0 Å². The minimum atomic E-state index is -0.319. The first-order valence-corrected chi connectivity index (χ1v) is 6.63. The zero-order chi connectivity index (χ0) is 14.0. The molecule has 0 bridgehead atoms. The molecule has 0 aliphatic carbocycles. The van der Waals surface area contributed by atoms with Gasteiger partial charge < -0.3 is 11.1 Å². The molecule has 6 heteroatoms. The fourth-order valence-corrected chi connectivity index (χ4v) is 2.15. The Morgan fingerprint density at radius 1 is 1.42 bits per heavy atom. The number of carbonyl (C=O) groups excluding carboxylic acids is 1. The highest BCUT2D eigenvalue weighted by Crippen LogP contribution is 2.28. The van der Waals surface area contributed by atoms with Gasteiger partial charge in [-0.05, 0) is 52.7 Å². The van der Waals surface area contributed by atoms with Gasteiger partial charge in [-0.1, -0.05) is 11.6 Å².